The van der Waals surface area contributed by atoms with Gasteiger partial charge < -0.3 is 18.0 Å². The zero-order chi connectivity index (χ0) is 83.5. The first kappa shape index (κ1) is 70.1. The van der Waals surface area contributed by atoms with Crippen LogP contribution in [0.15, 0.2) is 409 Å². The number of nitrogens with zero attached hydrogens (tertiary/aromatic N) is 10. The molecule has 28 aromatic rings. The van der Waals surface area contributed by atoms with E-state index in [9.17, 15) is 0 Å². The van der Waals surface area contributed by atoms with Crippen LogP contribution < -0.4 is 0 Å². The van der Waals surface area contributed by atoms with Crippen molar-refractivity contribution in [2.45, 2.75) is 0 Å². The first-order valence-electron chi connectivity index (χ1n) is 43.3. The van der Waals surface area contributed by atoms with Gasteiger partial charge in [-0.1, -0.05) is 291 Å². The highest BCUT2D eigenvalue weighted by Crippen LogP contribution is 2.48. The van der Waals surface area contributed by atoms with Gasteiger partial charge in [0.05, 0.1) is 55.5 Å². The highest BCUT2D eigenvalue weighted by molar-refractivity contribution is 6.25. The van der Waals surface area contributed by atoms with Crippen molar-refractivity contribution in [1.29, 1.82) is 0 Å². The maximum atomic E-state index is 7.14. The zero-order valence-electron chi connectivity index (χ0n) is 68.4. The van der Waals surface area contributed by atoms with Crippen LogP contribution in [0.25, 0.3) is 276 Å². The Kier molecular flexibility index (Phi) is 14.8. The van der Waals surface area contributed by atoms with Crippen molar-refractivity contribution in [3.8, 4) is 91.1 Å². The molecule has 0 fully saturated rings. The molecule has 0 N–H and O–H groups in total. The second kappa shape index (κ2) is 27.0. The molecule has 0 amide bonds. The van der Waals surface area contributed by atoms with Gasteiger partial charge in [-0.05, 0) is 180 Å². The number of furan rings is 2. The molecule has 0 aliphatic heterocycles. The molecule has 20 aromatic carbocycles. The van der Waals surface area contributed by atoms with Crippen LogP contribution in [-0.2, 0) is 0 Å². The first-order chi connectivity index (χ1) is 63.4. The summed E-state index contributed by atoms with van der Waals surface area (Å²) in [5.74, 6) is 3.08. The van der Waals surface area contributed by atoms with Gasteiger partial charge in [-0.2, -0.15) is 19.9 Å². The summed E-state index contributed by atoms with van der Waals surface area (Å²) in [6.45, 7) is 0. The molecule has 0 unspecified atom stereocenters. The van der Waals surface area contributed by atoms with Gasteiger partial charge >= 0.3 is 0 Å². The lowest BCUT2D eigenvalue weighted by Crippen LogP contribution is -2.08. The van der Waals surface area contributed by atoms with Gasteiger partial charge in [0.2, 0.25) is 11.9 Å². The van der Waals surface area contributed by atoms with Crippen LogP contribution in [-0.4, -0.2) is 48.2 Å². The van der Waals surface area contributed by atoms with Gasteiger partial charge in [-0.3, -0.25) is 9.13 Å². The lowest BCUT2D eigenvalue weighted by Gasteiger charge is -2.16. The van der Waals surface area contributed by atoms with Crippen molar-refractivity contribution in [2.75, 3.05) is 0 Å². The minimum absolute atomic E-state index is 0.494. The summed E-state index contributed by atoms with van der Waals surface area (Å²) < 4.78 is 23.2. The second-order valence-corrected chi connectivity index (χ2v) is 33.6. The van der Waals surface area contributed by atoms with Crippen molar-refractivity contribution in [3.63, 3.8) is 0 Å². The Bertz CT molecular complexity index is 9590. The van der Waals surface area contributed by atoms with Gasteiger partial charge in [-0.25, -0.2) is 9.97 Å². The molecule has 592 valence electrons. The molecule has 0 aliphatic rings. The molecule has 0 aliphatic carbocycles. The van der Waals surface area contributed by atoms with Crippen molar-refractivity contribution < 1.29 is 8.83 Å². The summed E-state index contributed by atoms with van der Waals surface area (Å²) in [7, 11) is 0. The van der Waals surface area contributed by atoms with E-state index in [-0.39, 0.29) is 0 Å². The SMILES string of the molecule is c1cc(-c2ccc(-c3nc(-c4cc5oc6ccccc6c5cc4-n4c5cc6ccccc6cc5c5c6ccccc6ccc54)nc(-n4c5ccccc5c5ccccc54)n3)cc2)cc(-c2ccc3cc4c(cc3c2)c2ccccc2n4-c2cc3c(cc2-c2nc(-c4cccc5ccccc45)nc(-n4c5ccccc5c5ccccc54)n2)oc2c4ccccc4ccc32)c1. The van der Waals surface area contributed by atoms with E-state index in [2.05, 4.69) is 407 Å². The minimum Gasteiger partial charge on any atom is -0.456 e. The van der Waals surface area contributed by atoms with E-state index in [1.54, 1.807) is 0 Å². The molecule has 0 spiro atoms. The minimum atomic E-state index is 0.494. The zero-order valence-corrected chi connectivity index (χ0v) is 68.4. The Hall–Kier alpha value is -17.5. The van der Waals surface area contributed by atoms with E-state index in [1.807, 2.05) is 12.1 Å². The maximum Gasteiger partial charge on any atom is 0.238 e. The third-order valence-corrected chi connectivity index (χ3v) is 26.6. The van der Waals surface area contributed by atoms with Gasteiger partial charge in [0.1, 0.15) is 22.3 Å². The maximum absolute atomic E-state index is 7.14. The molecule has 8 heterocycles. The van der Waals surface area contributed by atoms with Crippen molar-refractivity contribution in [1.82, 2.24) is 48.2 Å². The monoisotopic (exact) mass is 1630 g/mol. The van der Waals surface area contributed by atoms with E-state index in [1.165, 1.54) is 21.5 Å². The molecule has 128 heavy (non-hydrogen) atoms. The van der Waals surface area contributed by atoms with Crippen molar-refractivity contribution in [3.05, 3.63) is 400 Å². The molecule has 8 aromatic heterocycles. The molecule has 0 saturated carbocycles. The van der Waals surface area contributed by atoms with Crippen LogP contribution in [0.5, 0.6) is 0 Å². The molecule has 12 nitrogen and oxygen atoms in total. The van der Waals surface area contributed by atoms with E-state index < -0.39 is 0 Å². The number of rotatable bonds is 10. The second-order valence-electron chi connectivity index (χ2n) is 33.6. The first-order valence-corrected chi connectivity index (χ1v) is 43.3. The highest BCUT2D eigenvalue weighted by atomic mass is 16.3. The number of hydrogen-bond donors (Lipinski definition) is 0. The van der Waals surface area contributed by atoms with Crippen LogP contribution >= 0.6 is 0 Å². The average molecular weight is 1630 g/mol. The third-order valence-electron chi connectivity index (χ3n) is 26.6. The van der Waals surface area contributed by atoms with E-state index in [4.69, 9.17) is 38.7 Å². The summed E-state index contributed by atoms with van der Waals surface area (Å²) in [4.78, 5) is 33.7. The predicted molar refractivity (Wildman–Crippen MR) is 525 cm³/mol. The van der Waals surface area contributed by atoms with E-state index in [0.29, 0.717) is 35.2 Å². The number of aromatic nitrogens is 10. The van der Waals surface area contributed by atoms with Crippen LogP contribution in [0.1, 0.15) is 0 Å². The van der Waals surface area contributed by atoms with Crippen LogP contribution in [0.2, 0.25) is 0 Å². The van der Waals surface area contributed by atoms with Crippen molar-refractivity contribution >= 4 is 185 Å². The van der Waals surface area contributed by atoms with Crippen LogP contribution in [0.3, 0.4) is 0 Å². The largest absolute Gasteiger partial charge is 0.456 e. The Morgan fingerprint density at radius 3 is 1.22 bits per heavy atom. The molecule has 12 heteroatoms. The fourth-order valence-electron chi connectivity index (χ4n) is 20.7. The quantitative estimate of drug-likeness (QED) is 0.133. The van der Waals surface area contributed by atoms with E-state index >= 15 is 0 Å². The van der Waals surface area contributed by atoms with Crippen LogP contribution in [0, 0.1) is 0 Å². The van der Waals surface area contributed by atoms with Gasteiger partial charge in [-0.15, -0.1) is 0 Å². The van der Waals surface area contributed by atoms with Crippen LogP contribution in [0.4, 0.5) is 0 Å². The van der Waals surface area contributed by atoms with Gasteiger partial charge in [0.25, 0.3) is 0 Å². The highest BCUT2D eigenvalue weighted by Gasteiger charge is 2.29. The summed E-state index contributed by atoms with van der Waals surface area (Å²) in [5, 5.41) is 24.2. The molecule has 0 bridgehead atoms. The van der Waals surface area contributed by atoms with Crippen molar-refractivity contribution in [2.24, 2.45) is 0 Å². The predicted octanol–water partition coefficient (Wildman–Crippen LogP) is 30.0. The molecular weight excluding hydrogens is 1570 g/mol. The molecular formula is C116H66N10O2. The summed E-state index contributed by atoms with van der Waals surface area (Å²) >= 11 is 0. The summed E-state index contributed by atoms with van der Waals surface area (Å²) in [5.41, 5.74) is 20.7. The molecule has 0 saturated heterocycles. The summed E-state index contributed by atoms with van der Waals surface area (Å²) in [6, 6.07) is 143. The van der Waals surface area contributed by atoms with Gasteiger partial charge in [0, 0.05) is 92.3 Å². The fourth-order valence-corrected chi connectivity index (χ4v) is 20.7. The summed E-state index contributed by atoms with van der Waals surface area (Å²) in [6.07, 6.45) is 0. The topological polar surface area (TPSA) is 123 Å². The smallest absolute Gasteiger partial charge is 0.238 e. The number of fused-ring (bicyclic) bond motifs is 25. The normalized spacial score (nSPS) is 12.2. The van der Waals surface area contributed by atoms with Gasteiger partial charge in [0.15, 0.2) is 23.3 Å². The average Bonchev–Trinajstić information content (AvgIpc) is 1.55. The molecule has 0 radical (unpaired) electrons. The number of para-hydroxylation sites is 6. The fraction of sp³-hybridized carbons (Fsp3) is 0. The Labute approximate surface area is 728 Å². The Balaban J connectivity index is 0.591. The van der Waals surface area contributed by atoms with E-state index in [0.717, 1.165) is 219 Å². The number of benzene rings is 20. The Morgan fingerprint density at radius 2 is 0.578 bits per heavy atom. The standard InChI is InChI=1S/C116H66N10O2/c1-2-27-75-61-103-93(59-74(75)26-1)109-80-32-7-4-24-69(80)54-56-101(109)124(103)105-63-91-87-39-14-20-46-106(87)127-107(91)65-94(105)113-117-111(119-115(121-113)125-97-42-16-9-34-82(97)83-35-10-17-43-98(83)125)71-49-47-67(48-50-71)72-29-21-30-73(57-72)76-51-52-77-62-102-90(60-78(77)58-76)86-38-13-15-41-96(86)123(102)104-64-92-88-55-53-70-25-5-8-33-81(70)110(88)128-108(92)66-95(104)114-118-112(89-40-22-28-68-23-3-6-31-79(68)89)120-116(122-114)126-99-44-18-11-36-84(99)85-37-12-19-45-100(85)126/h1-66H. The molecule has 28 rings (SSSR count). The lowest BCUT2D eigenvalue weighted by molar-refractivity contribution is 0.669. The third kappa shape index (κ3) is 10.5. The number of hydrogen-bond acceptors (Lipinski definition) is 8. The lowest BCUT2D eigenvalue weighted by atomic mass is 9.96. The molecule has 0 atom stereocenters. The Morgan fingerprint density at radius 1 is 0.172 bits per heavy atom.